The van der Waals surface area contributed by atoms with Crippen LogP contribution >= 0.6 is 15.9 Å². The highest BCUT2D eigenvalue weighted by Crippen LogP contribution is 2.35. The van der Waals surface area contributed by atoms with E-state index in [1.807, 2.05) is 18.2 Å². The number of halogens is 1. The standard InChI is InChI=1S/C22H21BrO6/c23-16-9-18-15(11-27-19-6-2-1-4-14(19)8-21(24)25)12-29-22(18)20(10-16)28-13-17-5-3-7-26-17/h1-2,4,6,9-10,12,17H,3,5,7-8,11,13H2,(H,24,25). The molecule has 0 radical (unpaired) electrons. The van der Waals surface area contributed by atoms with Gasteiger partial charge >= 0.3 is 5.97 Å². The van der Waals surface area contributed by atoms with Gasteiger partial charge in [0.15, 0.2) is 11.3 Å². The van der Waals surface area contributed by atoms with Crippen molar-refractivity contribution in [3.8, 4) is 11.5 Å². The highest BCUT2D eigenvalue weighted by atomic mass is 79.9. The van der Waals surface area contributed by atoms with Crippen molar-refractivity contribution in [2.75, 3.05) is 13.2 Å². The smallest absolute Gasteiger partial charge is 0.307 e. The van der Waals surface area contributed by atoms with Gasteiger partial charge in [0.25, 0.3) is 0 Å². The molecule has 1 unspecified atom stereocenters. The van der Waals surface area contributed by atoms with E-state index in [0.29, 0.717) is 29.3 Å². The Bertz CT molecular complexity index is 1010. The fraction of sp³-hybridized carbons (Fsp3) is 0.318. The molecule has 1 N–H and O–H groups in total. The van der Waals surface area contributed by atoms with Gasteiger partial charge in [0.05, 0.1) is 18.8 Å². The number of para-hydroxylation sites is 1. The number of carboxylic acids is 1. The van der Waals surface area contributed by atoms with Gasteiger partial charge in [-0.15, -0.1) is 0 Å². The molecule has 1 saturated heterocycles. The maximum atomic E-state index is 11.1. The van der Waals surface area contributed by atoms with Crippen LogP contribution in [0.2, 0.25) is 0 Å². The van der Waals surface area contributed by atoms with Crippen LogP contribution < -0.4 is 9.47 Å². The zero-order valence-electron chi connectivity index (χ0n) is 15.7. The summed E-state index contributed by atoms with van der Waals surface area (Å²) in [5.74, 6) is 0.309. The highest BCUT2D eigenvalue weighted by Gasteiger charge is 2.19. The fourth-order valence-corrected chi connectivity index (χ4v) is 3.85. The normalized spacial score (nSPS) is 16.2. The second-order valence-corrected chi connectivity index (χ2v) is 7.87. The second kappa shape index (κ2) is 8.88. The van der Waals surface area contributed by atoms with Crippen molar-refractivity contribution in [3.63, 3.8) is 0 Å². The molecule has 0 amide bonds. The van der Waals surface area contributed by atoms with E-state index < -0.39 is 5.97 Å². The van der Waals surface area contributed by atoms with Gasteiger partial charge in [-0.05, 0) is 31.0 Å². The molecule has 1 aliphatic rings. The molecule has 1 atom stereocenters. The first-order valence-corrected chi connectivity index (χ1v) is 10.3. The summed E-state index contributed by atoms with van der Waals surface area (Å²) in [5.41, 5.74) is 2.14. The van der Waals surface area contributed by atoms with Crippen molar-refractivity contribution in [2.24, 2.45) is 0 Å². The number of carbonyl (C=O) groups is 1. The van der Waals surface area contributed by atoms with E-state index in [4.69, 9.17) is 23.7 Å². The first-order chi connectivity index (χ1) is 14.1. The Morgan fingerprint density at radius 2 is 2.03 bits per heavy atom. The van der Waals surface area contributed by atoms with Gasteiger partial charge in [-0.2, -0.15) is 0 Å². The van der Waals surface area contributed by atoms with E-state index in [9.17, 15) is 4.79 Å². The van der Waals surface area contributed by atoms with Crippen molar-refractivity contribution in [3.05, 3.63) is 58.3 Å². The van der Waals surface area contributed by atoms with Gasteiger partial charge in [-0.25, -0.2) is 0 Å². The van der Waals surface area contributed by atoms with Crippen LogP contribution in [0.4, 0.5) is 0 Å². The third-order valence-corrected chi connectivity index (χ3v) is 5.29. The van der Waals surface area contributed by atoms with E-state index in [1.165, 1.54) is 0 Å². The Balaban J connectivity index is 1.52. The summed E-state index contributed by atoms with van der Waals surface area (Å²) in [5, 5.41) is 9.96. The predicted molar refractivity (Wildman–Crippen MR) is 110 cm³/mol. The van der Waals surface area contributed by atoms with Gasteiger partial charge < -0.3 is 23.7 Å². The van der Waals surface area contributed by atoms with Crippen molar-refractivity contribution in [1.29, 1.82) is 0 Å². The van der Waals surface area contributed by atoms with Gasteiger partial charge in [0.1, 0.15) is 19.0 Å². The van der Waals surface area contributed by atoms with Crippen LogP contribution in [0.1, 0.15) is 24.0 Å². The summed E-state index contributed by atoms with van der Waals surface area (Å²) < 4.78 is 24.1. The van der Waals surface area contributed by atoms with Crippen molar-refractivity contribution < 1.29 is 28.5 Å². The van der Waals surface area contributed by atoms with Gasteiger partial charge in [-0.1, -0.05) is 34.1 Å². The summed E-state index contributed by atoms with van der Waals surface area (Å²) in [4.78, 5) is 11.1. The van der Waals surface area contributed by atoms with Gasteiger partial charge in [-0.3, -0.25) is 4.79 Å². The Hall–Kier alpha value is -2.51. The molecular formula is C22H21BrO6. The number of hydrogen-bond acceptors (Lipinski definition) is 5. The molecule has 29 heavy (non-hydrogen) atoms. The Morgan fingerprint density at radius 3 is 2.83 bits per heavy atom. The molecule has 2 heterocycles. The van der Waals surface area contributed by atoms with E-state index >= 15 is 0 Å². The molecule has 2 aromatic carbocycles. The van der Waals surface area contributed by atoms with Crippen LogP contribution in [0.25, 0.3) is 11.0 Å². The van der Waals surface area contributed by atoms with E-state index in [0.717, 1.165) is 34.9 Å². The largest absolute Gasteiger partial charge is 0.488 e. The van der Waals surface area contributed by atoms with Crippen LogP contribution in [0.5, 0.6) is 11.5 Å². The van der Waals surface area contributed by atoms with Crippen molar-refractivity contribution in [2.45, 2.75) is 32.0 Å². The molecule has 1 aromatic heterocycles. The number of fused-ring (bicyclic) bond motifs is 1. The number of aliphatic carboxylic acids is 1. The number of ether oxygens (including phenoxy) is 3. The number of hydrogen-bond donors (Lipinski definition) is 1. The minimum absolute atomic E-state index is 0.0882. The van der Waals surface area contributed by atoms with E-state index in [1.54, 1.807) is 24.5 Å². The first kappa shape index (κ1) is 19.8. The summed E-state index contributed by atoms with van der Waals surface area (Å²) in [7, 11) is 0. The molecule has 1 aliphatic heterocycles. The first-order valence-electron chi connectivity index (χ1n) is 9.46. The highest BCUT2D eigenvalue weighted by molar-refractivity contribution is 9.10. The van der Waals surface area contributed by atoms with Crippen molar-refractivity contribution in [1.82, 2.24) is 0 Å². The Labute approximate surface area is 176 Å². The van der Waals surface area contributed by atoms with Crippen LogP contribution in [0.3, 0.4) is 0 Å². The maximum Gasteiger partial charge on any atom is 0.307 e. The monoisotopic (exact) mass is 460 g/mol. The van der Waals surface area contributed by atoms with E-state index in [2.05, 4.69) is 15.9 Å². The topological polar surface area (TPSA) is 78.1 Å². The minimum Gasteiger partial charge on any atom is -0.488 e. The Kier molecular flexibility index (Phi) is 6.06. The van der Waals surface area contributed by atoms with Crippen molar-refractivity contribution >= 4 is 32.9 Å². The molecule has 0 spiro atoms. The lowest BCUT2D eigenvalue weighted by Crippen LogP contribution is -2.16. The summed E-state index contributed by atoms with van der Waals surface area (Å²) in [6.45, 7) is 1.53. The molecular weight excluding hydrogens is 440 g/mol. The number of carboxylic acid groups (broad SMARTS) is 1. The number of rotatable bonds is 8. The number of furan rings is 1. The SMILES string of the molecule is O=C(O)Cc1ccccc1OCc1coc2c(OCC3CCCO3)cc(Br)cc12. The lowest BCUT2D eigenvalue weighted by Gasteiger charge is -2.12. The maximum absolute atomic E-state index is 11.1. The van der Waals surface area contributed by atoms with Crippen LogP contribution in [-0.4, -0.2) is 30.4 Å². The lowest BCUT2D eigenvalue weighted by atomic mass is 10.1. The third kappa shape index (κ3) is 4.74. The minimum atomic E-state index is -0.897. The van der Waals surface area contributed by atoms with E-state index in [-0.39, 0.29) is 19.1 Å². The number of benzene rings is 2. The molecule has 3 aromatic rings. The zero-order chi connectivity index (χ0) is 20.2. The molecule has 1 fully saturated rings. The van der Waals surface area contributed by atoms with Gasteiger partial charge in [0, 0.05) is 27.6 Å². The van der Waals surface area contributed by atoms with Crippen LogP contribution in [0.15, 0.2) is 51.6 Å². The third-order valence-electron chi connectivity index (χ3n) is 4.83. The predicted octanol–water partition coefficient (Wildman–Crippen LogP) is 4.96. The molecule has 0 saturated carbocycles. The summed E-state index contributed by atoms with van der Waals surface area (Å²) in [6, 6.07) is 11.0. The Morgan fingerprint density at radius 1 is 1.17 bits per heavy atom. The average molecular weight is 461 g/mol. The fourth-order valence-electron chi connectivity index (χ4n) is 3.41. The molecule has 6 nitrogen and oxygen atoms in total. The molecule has 152 valence electrons. The molecule has 0 aliphatic carbocycles. The summed E-state index contributed by atoms with van der Waals surface area (Å²) >= 11 is 3.53. The molecule has 4 rings (SSSR count). The van der Waals surface area contributed by atoms with Gasteiger partial charge in [0.2, 0.25) is 0 Å². The quantitative estimate of drug-likeness (QED) is 0.511. The van der Waals surface area contributed by atoms with Crippen LogP contribution in [0, 0.1) is 0 Å². The zero-order valence-corrected chi connectivity index (χ0v) is 17.3. The average Bonchev–Trinajstić information content (AvgIpc) is 3.35. The lowest BCUT2D eigenvalue weighted by molar-refractivity contribution is -0.136. The second-order valence-electron chi connectivity index (χ2n) is 6.95. The molecule has 0 bridgehead atoms. The summed E-state index contributed by atoms with van der Waals surface area (Å²) in [6.07, 6.45) is 3.75. The van der Waals surface area contributed by atoms with Crippen LogP contribution in [-0.2, 0) is 22.6 Å². The molecule has 7 heteroatoms.